The van der Waals surface area contributed by atoms with E-state index < -0.39 is 21.9 Å². The quantitative estimate of drug-likeness (QED) is 0.326. The SMILES string of the molecule is CO[C@H]1/C=C/C[C@H](C)C[S@@](=O)(NC(=O)NC2CC2)=NC(=O)c2ccc3c(c2)N(C[C@@H]2CC[C@H]21)C[C@]1(CO3)C[C@H](C)[C@H](C)c2cc(Cl)ccc21. The van der Waals surface area contributed by atoms with Crippen molar-refractivity contribution in [2.75, 3.05) is 37.5 Å². The van der Waals surface area contributed by atoms with Crippen LogP contribution in [0.3, 0.4) is 0 Å². The molecule has 11 heteroatoms. The van der Waals surface area contributed by atoms with Crippen LogP contribution in [0.15, 0.2) is 52.9 Å². The van der Waals surface area contributed by atoms with Gasteiger partial charge in [-0.1, -0.05) is 50.6 Å². The number of methoxy groups -OCH3 is 1. The monoisotopic (exact) mass is 708 g/mol. The van der Waals surface area contributed by atoms with Gasteiger partial charge >= 0.3 is 6.03 Å². The second kappa shape index (κ2) is 13.6. The summed E-state index contributed by atoms with van der Waals surface area (Å²) in [7, 11) is -1.66. The number of hydrogen-bond acceptors (Lipinski definition) is 6. The lowest BCUT2D eigenvalue weighted by atomic mass is 9.62. The van der Waals surface area contributed by atoms with E-state index in [2.05, 4.69) is 57.4 Å². The molecule has 2 heterocycles. The van der Waals surface area contributed by atoms with Crippen LogP contribution in [0.25, 0.3) is 0 Å². The first-order valence-electron chi connectivity index (χ1n) is 17.8. The third-order valence-corrected chi connectivity index (χ3v) is 13.8. The van der Waals surface area contributed by atoms with Gasteiger partial charge in [-0.3, -0.25) is 9.52 Å². The predicted molar refractivity (Wildman–Crippen MR) is 194 cm³/mol. The second-order valence-electron chi connectivity index (χ2n) is 15.4. The van der Waals surface area contributed by atoms with Crippen LogP contribution in [0.2, 0.25) is 5.02 Å². The minimum atomic E-state index is -3.43. The van der Waals surface area contributed by atoms with E-state index in [1.807, 2.05) is 25.1 Å². The Morgan fingerprint density at radius 1 is 1.12 bits per heavy atom. The summed E-state index contributed by atoms with van der Waals surface area (Å²) in [5.74, 6) is 1.57. The van der Waals surface area contributed by atoms with Crippen LogP contribution < -0.4 is 19.7 Å². The summed E-state index contributed by atoms with van der Waals surface area (Å²) in [4.78, 5) is 29.1. The molecule has 2 aromatic carbocycles. The number of ether oxygens (including phenoxy) is 2. The molecule has 2 aliphatic heterocycles. The Bertz CT molecular complexity index is 1770. The van der Waals surface area contributed by atoms with Gasteiger partial charge in [-0.25, -0.2) is 9.00 Å². The highest BCUT2D eigenvalue weighted by molar-refractivity contribution is 7.92. The molecular weight excluding hydrogens is 660 g/mol. The van der Waals surface area contributed by atoms with Crippen LogP contribution >= 0.6 is 11.6 Å². The first-order valence-corrected chi connectivity index (χ1v) is 19.9. The van der Waals surface area contributed by atoms with Gasteiger partial charge in [-0.05, 0) is 110 Å². The Hall–Kier alpha value is -3.08. The van der Waals surface area contributed by atoms with Gasteiger partial charge in [0.05, 0.1) is 24.2 Å². The van der Waals surface area contributed by atoms with Crippen molar-refractivity contribution < 1.29 is 23.3 Å². The van der Waals surface area contributed by atoms with Crippen LogP contribution in [0.1, 0.15) is 86.7 Å². The smallest absolute Gasteiger partial charge is 0.327 e. The van der Waals surface area contributed by atoms with Crippen molar-refractivity contribution in [1.29, 1.82) is 0 Å². The third kappa shape index (κ3) is 7.10. The molecule has 8 atom stereocenters. The highest BCUT2D eigenvalue weighted by Gasteiger charge is 2.47. The average Bonchev–Trinajstić information content (AvgIpc) is 3.87. The molecule has 0 unspecified atom stereocenters. The molecule has 2 fully saturated rings. The van der Waals surface area contributed by atoms with Crippen molar-refractivity contribution in [3.63, 3.8) is 0 Å². The number of carbonyl (C=O) groups is 2. The summed E-state index contributed by atoms with van der Waals surface area (Å²) < 4.78 is 33.9. The lowest BCUT2D eigenvalue weighted by Gasteiger charge is -2.48. The zero-order valence-corrected chi connectivity index (χ0v) is 30.5. The molecule has 9 nitrogen and oxygen atoms in total. The molecular formula is C38H49ClN4O5S. The number of anilines is 1. The average molecular weight is 709 g/mol. The van der Waals surface area contributed by atoms with E-state index in [0.717, 1.165) is 49.4 Å². The van der Waals surface area contributed by atoms with Crippen molar-refractivity contribution in [3.8, 4) is 5.75 Å². The third-order valence-electron chi connectivity index (χ3n) is 11.6. The maximum absolute atomic E-state index is 14.3. The molecule has 3 aliphatic carbocycles. The molecule has 1 spiro atoms. The van der Waals surface area contributed by atoms with Gasteiger partial charge in [0.15, 0.2) is 0 Å². The fraction of sp³-hybridized carbons (Fsp3) is 0.579. The molecule has 49 heavy (non-hydrogen) atoms. The second-order valence-corrected chi connectivity index (χ2v) is 17.8. The normalized spacial score (nSPS) is 35.0. The zero-order valence-electron chi connectivity index (χ0n) is 29.0. The summed E-state index contributed by atoms with van der Waals surface area (Å²) >= 11 is 6.55. The molecule has 0 saturated heterocycles. The Morgan fingerprint density at radius 3 is 2.67 bits per heavy atom. The van der Waals surface area contributed by atoms with Gasteiger partial charge in [0.1, 0.15) is 15.7 Å². The molecule has 2 N–H and O–H groups in total. The number of hydrogen-bond donors (Lipinski definition) is 2. The highest BCUT2D eigenvalue weighted by Crippen LogP contribution is 2.51. The van der Waals surface area contributed by atoms with Crippen molar-refractivity contribution in [3.05, 3.63) is 70.3 Å². The molecule has 2 aromatic rings. The lowest BCUT2D eigenvalue weighted by molar-refractivity contribution is 0.0131. The topological polar surface area (TPSA) is 109 Å². The van der Waals surface area contributed by atoms with Crippen LogP contribution in [-0.4, -0.2) is 60.9 Å². The van der Waals surface area contributed by atoms with Gasteiger partial charge in [0.2, 0.25) is 0 Å². The van der Waals surface area contributed by atoms with Crippen molar-refractivity contribution >= 4 is 39.1 Å². The van der Waals surface area contributed by atoms with Crippen molar-refractivity contribution in [1.82, 2.24) is 10.0 Å². The Morgan fingerprint density at radius 2 is 1.94 bits per heavy atom. The summed E-state index contributed by atoms with van der Waals surface area (Å²) in [6.07, 6.45) is 9.72. The summed E-state index contributed by atoms with van der Waals surface area (Å²) in [5, 5.41) is 3.57. The number of nitrogens with one attached hydrogen (secondary N) is 2. The number of allylic oxidation sites excluding steroid dienone is 1. The van der Waals surface area contributed by atoms with Crippen LogP contribution in [0, 0.1) is 23.7 Å². The first-order chi connectivity index (χ1) is 23.5. The van der Waals surface area contributed by atoms with E-state index in [0.29, 0.717) is 54.6 Å². The predicted octanol–water partition coefficient (Wildman–Crippen LogP) is 7.24. The molecule has 0 aromatic heterocycles. The molecule has 2 bridgehead atoms. The van der Waals surface area contributed by atoms with Crippen LogP contribution in [0.5, 0.6) is 5.75 Å². The number of fused-ring (bicyclic) bond motifs is 4. The van der Waals surface area contributed by atoms with Crippen LogP contribution in [-0.2, 0) is 20.1 Å². The van der Waals surface area contributed by atoms with E-state index in [-0.39, 0.29) is 29.2 Å². The molecule has 5 aliphatic rings. The summed E-state index contributed by atoms with van der Waals surface area (Å²) in [6, 6.07) is 11.2. The Kier molecular flexibility index (Phi) is 9.52. The number of nitrogens with zero attached hydrogens (tertiary/aromatic N) is 2. The van der Waals surface area contributed by atoms with Gasteiger partial charge < -0.3 is 19.7 Å². The number of urea groups is 1. The molecule has 264 valence electrons. The maximum atomic E-state index is 14.3. The van der Waals surface area contributed by atoms with Gasteiger partial charge in [0, 0.05) is 42.2 Å². The first kappa shape index (κ1) is 34.4. The largest absolute Gasteiger partial charge is 0.490 e. The van der Waals surface area contributed by atoms with Crippen molar-refractivity contribution in [2.24, 2.45) is 28.0 Å². The van der Waals surface area contributed by atoms with E-state index in [4.69, 9.17) is 21.1 Å². The summed E-state index contributed by atoms with van der Waals surface area (Å²) in [5.41, 5.74) is 3.42. The minimum absolute atomic E-state index is 0.0432. The minimum Gasteiger partial charge on any atom is -0.490 e. The molecule has 2 saturated carbocycles. The fourth-order valence-electron chi connectivity index (χ4n) is 8.49. The van der Waals surface area contributed by atoms with E-state index >= 15 is 0 Å². The number of rotatable bonds is 3. The molecule has 7 rings (SSSR count). The maximum Gasteiger partial charge on any atom is 0.327 e. The van der Waals surface area contributed by atoms with E-state index in [1.165, 1.54) is 11.1 Å². The Balaban J connectivity index is 1.31. The zero-order chi connectivity index (χ0) is 34.5. The molecule has 0 radical (unpaired) electrons. The number of halogens is 1. The van der Waals surface area contributed by atoms with Crippen LogP contribution in [0.4, 0.5) is 10.5 Å². The van der Waals surface area contributed by atoms with Gasteiger partial charge in [-0.2, -0.15) is 0 Å². The van der Waals surface area contributed by atoms with Gasteiger partial charge in [0.25, 0.3) is 5.91 Å². The number of benzene rings is 2. The number of amides is 3. The highest BCUT2D eigenvalue weighted by atomic mass is 35.5. The van der Waals surface area contributed by atoms with E-state index in [9.17, 15) is 13.8 Å². The summed E-state index contributed by atoms with van der Waals surface area (Å²) in [6.45, 7) is 8.57. The lowest BCUT2D eigenvalue weighted by Crippen LogP contribution is -2.51. The van der Waals surface area contributed by atoms with Crippen molar-refractivity contribution in [2.45, 2.75) is 82.8 Å². The fourth-order valence-corrected chi connectivity index (χ4v) is 10.5. The standard InChI is InChI=1S/C38H49ClN4O5S/c1-23-6-5-7-34(47-4)30-13-8-27(30)19-43-21-38(18-24(2)25(3)31-17-28(39)10-14-32(31)38)22-48-35-15-9-26(16-33(35)43)36(44)41-49(46,20-23)42-37(45)40-29-11-12-29/h5,7,9-10,14-17,23-25,27,29-30,34H,6,8,11-13,18-22H2,1-4H3,(H2,40,41,42,44,45,46)/b7-5+/t23-,24-,25-,27-,30+,34-,38-,49-/m0/s1. The number of carbonyl (C=O) groups excluding carboxylic acids is 2. The Labute approximate surface area is 295 Å². The molecule has 3 amide bonds. The van der Waals surface area contributed by atoms with Gasteiger partial charge in [-0.15, -0.1) is 4.36 Å². The van der Waals surface area contributed by atoms with E-state index in [1.54, 1.807) is 13.2 Å².